The number of allylic oxidation sites excluding steroid dienone is 1. The molecule has 0 amide bonds. The van der Waals surface area contributed by atoms with E-state index < -0.39 is 42.1 Å². The standard InChI is InChI=1S/C11H11F7O3/c1-3-5-6(8(20)21-4-2)7(19)9(12,13)10(14,15)11(16,17)18/h3,6H,1,4-5H2,2H3. The summed E-state index contributed by atoms with van der Waals surface area (Å²) in [6.07, 6.45) is -6.76. The summed E-state index contributed by atoms with van der Waals surface area (Å²) in [7, 11) is 0. The van der Waals surface area contributed by atoms with Crippen molar-refractivity contribution in [3.05, 3.63) is 12.7 Å². The molecule has 0 saturated carbocycles. The van der Waals surface area contributed by atoms with Gasteiger partial charge in [-0.25, -0.2) is 0 Å². The molecule has 0 saturated heterocycles. The molecule has 0 rings (SSSR count). The Morgan fingerprint density at radius 1 is 1.14 bits per heavy atom. The predicted molar refractivity (Wildman–Crippen MR) is 55.9 cm³/mol. The van der Waals surface area contributed by atoms with Gasteiger partial charge in [-0.05, 0) is 13.3 Å². The molecular formula is C11H11F7O3. The smallest absolute Gasteiger partial charge is 0.460 e. The molecule has 122 valence electrons. The Kier molecular flexibility index (Phi) is 5.94. The number of hydrogen-bond acceptors (Lipinski definition) is 3. The number of alkyl halides is 7. The van der Waals surface area contributed by atoms with Gasteiger partial charge in [0.25, 0.3) is 0 Å². The van der Waals surface area contributed by atoms with Crippen LogP contribution in [0.25, 0.3) is 0 Å². The summed E-state index contributed by atoms with van der Waals surface area (Å²) < 4.78 is 92.0. The first-order valence-electron chi connectivity index (χ1n) is 5.48. The van der Waals surface area contributed by atoms with Crippen molar-refractivity contribution < 1.29 is 45.1 Å². The molecule has 0 fully saturated rings. The van der Waals surface area contributed by atoms with E-state index >= 15 is 0 Å². The van der Waals surface area contributed by atoms with Gasteiger partial charge in [-0.3, -0.25) is 9.59 Å². The van der Waals surface area contributed by atoms with Crippen LogP contribution < -0.4 is 0 Å². The van der Waals surface area contributed by atoms with Crippen LogP contribution in [0.4, 0.5) is 30.7 Å². The van der Waals surface area contributed by atoms with Gasteiger partial charge in [-0.2, -0.15) is 30.7 Å². The Labute approximate surface area is 114 Å². The van der Waals surface area contributed by atoms with Crippen molar-refractivity contribution in [2.75, 3.05) is 6.61 Å². The van der Waals surface area contributed by atoms with E-state index in [-0.39, 0.29) is 6.61 Å². The van der Waals surface area contributed by atoms with E-state index in [1.54, 1.807) is 0 Å². The summed E-state index contributed by atoms with van der Waals surface area (Å²) in [6.45, 7) is 3.86. The molecule has 0 aromatic heterocycles. The van der Waals surface area contributed by atoms with Crippen LogP contribution in [-0.2, 0) is 14.3 Å². The second-order valence-electron chi connectivity index (χ2n) is 3.84. The second-order valence-corrected chi connectivity index (χ2v) is 3.84. The highest BCUT2D eigenvalue weighted by molar-refractivity contribution is 6.03. The molecule has 1 unspecified atom stereocenters. The van der Waals surface area contributed by atoms with E-state index in [4.69, 9.17) is 0 Å². The highest BCUT2D eigenvalue weighted by atomic mass is 19.4. The quantitative estimate of drug-likeness (QED) is 0.313. The van der Waals surface area contributed by atoms with E-state index in [9.17, 15) is 40.3 Å². The van der Waals surface area contributed by atoms with E-state index in [0.717, 1.165) is 6.08 Å². The van der Waals surface area contributed by atoms with Crippen molar-refractivity contribution in [1.82, 2.24) is 0 Å². The van der Waals surface area contributed by atoms with Crippen LogP contribution in [0.5, 0.6) is 0 Å². The molecule has 0 aliphatic rings. The number of ether oxygens (including phenoxy) is 1. The number of ketones is 1. The Morgan fingerprint density at radius 2 is 1.62 bits per heavy atom. The van der Waals surface area contributed by atoms with Gasteiger partial charge in [0.05, 0.1) is 6.61 Å². The second kappa shape index (κ2) is 6.44. The summed E-state index contributed by atoms with van der Waals surface area (Å²) in [5, 5.41) is 0. The fourth-order valence-corrected chi connectivity index (χ4v) is 1.27. The highest BCUT2D eigenvalue weighted by Gasteiger charge is 2.76. The van der Waals surface area contributed by atoms with Crippen molar-refractivity contribution >= 4 is 11.8 Å². The average molecular weight is 324 g/mol. The van der Waals surface area contributed by atoms with Crippen LogP contribution in [0, 0.1) is 5.92 Å². The maximum atomic E-state index is 13.2. The molecule has 3 nitrogen and oxygen atoms in total. The molecule has 0 bridgehead atoms. The van der Waals surface area contributed by atoms with Crippen LogP contribution in [0.15, 0.2) is 12.7 Å². The summed E-state index contributed by atoms with van der Waals surface area (Å²) in [6, 6.07) is 0. The van der Waals surface area contributed by atoms with Crippen LogP contribution in [-0.4, -0.2) is 36.4 Å². The maximum Gasteiger partial charge on any atom is 0.460 e. The monoisotopic (exact) mass is 324 g/mol. The summed E-state index contributed by atoms with van der Waals surface area (Å²) >= 11 is 0. The van der Waals surface area contributed by atoms with E-state index in [0.29, 0.717) is 0 Å². The molecule has 0 aliphatic carbocycles. The SMILES string of the molecule is C=CCC(C(=O)OCC)C(=O)C(F)(F)C(F)(F)C(F)(F)F. The van der Waals surface area contributed by atoms with E-state index in [1.165, 1.54) is 6.92 Å². The molecule has 0 heterocycles. The van der Waals surface area contributed by atoms with Gasteiger partial charge < -0.3 is 4.74 Å². The highest BCUT2D eigenvalue weighted by Crippen LogP contribution is 2.48. The van der Waals surface area contributed by atoms with E-state index in [1.807, 2.05) is 0 Å². The lowest BCUT2D eigenvalue weighted by Crippen LogP contribution is -2.58. The zero-order chi connectivity index (χ0) is 17.1. The Balaban J connectivity index is 5.61. The number of Topliss-reactive ketones (excluding diaryl/α,β-unsaturated/α-hetero) is 1. The summed E-state index contributed by atoms with van der Waals surface area (Å²) in [5.41, 5.74) is 0. The zero-order valence-corrected chi connectivity index (χ0v) is 10.6. The fraction of sp³-hybridized carbons (Fsp3) is 0.636. The van der Waals surface area contributed by atoms with Crippen LogP contribution >= 0.6 is 0 Å². The number of esters is 1. The van der Waals surface area contributed by atoms with Gasteiger partial charge >= 0.3 is 24.0 Å². The van der Waals surface area contributed by atoms with Crippen molar-refractivity contribution in [3.63, 3.8) is 0 Å². The molecule has 0 aromatic rings. The molecular weight excluding hydrogens is 313 g/mol. The normalized spacial score (nSPS) is 14.5. The Morgan fingerprint density at radius 3 is 1.95 bits per heavy atom. The third-order valence-electron chi connectivity index (χ3n) is 2.35. The van der Waals surface area contributed by atoms with Gasteiger partial charge in [-0.15, -0.1) is 6.58 Å². The Bertz CT molecular complexity index is 415. The molecule has 0 aliphatic heterocycles. The fourth-order valence-electron chi connectivity index (χ4n) is 1.27. The molecule has 1 atom stereocenters. The lowest BCUT2D eigenvalue weighted by Gasteiger charge is -2.28. The molecule has 0 radical (unpaired) electrons. The first-order chi connectivity index (χ1) is 9.34. The van der Waals surface area contributed by atoms with Crippen molar-refractivity contribution in [2.24, 2.45) is 5.92 Å². The lowest BCUT2D eigenvalue weighted by molar-refractivity contribution is -0.344. The van der Waals surface area contributed by atoms with Gasteiger partial charge in [-0.1, -0.05) is 6.08 Å². The largest absolute Gasteiger partial charge is 0.465 e. The molecule has 0 aromatic carbocycles. The molecule has 21 heavy (non-hydrogen) atoms. The minimum absolute atomic E-state index is 0.374. The van der Waals surface area contributed by atoms with Crippen LogP contribution in [0.1, 0.15) is 13.3 Å². The lowest BCUT2D eigenvalue weighted by atomic mass is 9.92. The van der Waals surface area contributed by atoms with Crippen molar-refractivity contribution in [3.8, 4) is 0 Å². The number of halogens is 7. The van der Waals surface area contributed by atoms with Gasteiger partial charge in [0.2, 0.25) is 5.78 Å². The van der Waals surface area contributed by atoms with E-state index in [2.05, 4.69) is 11.3 Å². The number of hydrogen-bond donors (Lipinski definition) is 0. The van der Waals surface area contributed by atoms with Gasteiger partial charge in [0, 0.05) is 0 Å². The number of rotatable bonds is 7. The van der Waals surface area contributed by atoms with Crippen molar-refractivity contribution in [1.29, 1.82) is 0 Å². The third kappa shape index (κ3) is 3.73. The minimum atomic E-state index is -6.65. The number of carbonyl (C=O) groups is 2. The van der Waals surface area contributed by atoms with Crippen LogP contribution in [0.3, 0.4) is 0 Å². The first-order valence-corrected chi connectivity index (χ1v) is 5.48. The van der Waals surface area contributed by atoms with Gasteiger partial charge in [0.15, 0.2) is 0 Å². The maximum absolute atomic E-state index is 13.2. The predicted octanol–water partition coefficient (Wildman–Crippen LogP) is 3.14. The van der Waals surface area contributed by atoms with Crippen LogP contribution in [0.2, 0.25) is 0 Å². The average Bonchev–Trinajstić information content (AvgIpc) is 2.33. The zero-order valence-electron chi connectivity index (χ0n) is 10.6. The number of carbonyl (C=O) groups excluding carboxylic acids is 2. The molecule has 10 heteroatoms. The molecule has 0 spiro atoms. The molecule has 0 N–H and O–H groups in total. The summed E-state index contributed by atoms with van der Waals surface area (Å²) in [4.78, 5) is 22.5. The Hall–Kier alpha value is -1.61. The summed E-state index contributed by atoms with van der Waals surface area (Å²) in [5.74, 6) is -19.7. The van der Waals surface area contributed by atoms with Crippen molar-refractivity contribution in [2.45, 2.75) is 31.4 Å². The first kappa shape index (κ1) is 19.4. The third-order valence-corrected chi connectivity index (χ3v) is 2.35. The van der Waals surface area contributed by atoms with Gasteiger partial charge in [0.1, 0.15) is 5.92 Å². The minimum Gasteiger partial charge on any atom is -0.465 e. The topological polar surface area (TPSA) is 43.4 Å².